The van der Waals surface area contributed by atoms with Crippen molar-refractivity contribution in [2.24, 2.45) is 0 Å². The summed E-state index contributed by atoms with van der Waals surface area (Å²) in [5.41, 5.74) is 2.49. The molecular weight excluding hydrogens is 443 g/mol. The molecule has 0 bridgehead atoms. The molecule has 3 heterocycles. The second kappa shape index (κ2) is 7.93. The molecule has 11 heteroatoms. The van der Waals surface area contributed by atoms with Crippen molar-refractivity contribution in [1.29, 1.82) is 0 Å². The monoisotopic (exact) mass is 456 g/mol. The number of hydrogen-bond acceptors (Lipinski definition) is 6. The third kappa shape index (κ3) is 4.05. The number of rotatable bonds is 5. The number of benzene rings is 2. The van der Waals surface area contributed by atoms with Crippen molar-refractivity contribution in [3.8, 4) is 22.8 Å². The standard InChI is InChI=1S/C20H14Cl2N6O3/c21-13-3-1-12(14(22)6-13)8-28-9-23-20(27-28)24-19(29)16-7-15(25-26-16)11-2-4-17-18(5-11)31-10-30-17/h1-7,9H,8,10H2,(H,25,26)(H,24,27,29). The Kier molecular flexibility index (Phi) is 4.97. The Morgan fingerprint density at radius 3 is 2.87 bits per heavy atom. The van der Waals surface area contributed by atoms with E-state index in [-0.39, 0.29) is 18.4 Å². The van der Waals surface area contributed by atoms with Crippen LogP contribution in [0.2, 0.25) is 10.0 Å². The number of hydrogen-bond donors (Lipinski definition) is 2. The van der Waals surface area contributed by atoms with E-state index in [1.807, 2.05) is 18.2 Å². The fourth-order valence-corrected chi connectivity index (χ4v) is 3.53. The van der Waals surface area contributed by atoms with Gasteiger partial charge in [-0.05, 0) is 42.0 Å². The lowest BCUT2D eigenvalue weighted by Crippen LogP contribution is -2.14. The second-order valence-corrected chi connectivity index (χ2v) is 7.53. The molecule has 1 aliphatic rings. The van der Waals surface area contributed by atoms with Crippen LogP contribution in [0.25, 0.3) is 11.3 Å². The maximum Gasteiger partial charge on any atom is 0.276 e. The van der Waals surface area contributed by atoms with Gasteiger partial charge in [0, 0.05) is 15.6 Å². The summed E-state index contributed by atoms with van der Waals surface area (Å²) in [6, 6.07) is 12.3. The number of halogens is 2. The first-order valence-corrected chi connectivity index (χ1v) is 9.91. The Morgan fingerprint density at radius 2 is 2.00 bits per heavy atom. The Morgan fingerprint density at radius 1 is 1.13 bits per heavy atom. The van der Waals surface area contributed by atoms with Gasteiger partial charge >= 0.3 is 0 Å². The maximum absolute atomic E-state index is 12.6. The molecule has 2 aromatic heterocycles. The fourth-order valence-electron chi connectivity index (χ4n) is 3.06. The van der Waals surface area contributed by atoms with E-state index in [0.29, 0.717) is 33.8 Å². The molecule has 1 amide bonds. The Hall–Kier alpha value is -3.56. The van der Waals surface area contributed by atoms with Crippen LogP contribution in [0, 0.1) is 0 Å². The molecule has 0 atom stereocenters. The van der Waals surface area contributed by atoms with Gasteiger partial charge in [-0.25, -0.2) is 9.67 Å². The van der Waals surface area contributed by atoms with E-state index in [0.717, 1.165) is 11.1 Å². The van der Waals surface area contributed by atoms with E-state index in [4.69, 9.17) is 32.7 Å². The van der Waals surface area contributed by atoms with Gasteiger partial charge in [0.05, 0.1) is 12.2 Å². The number of H-pyrrole nitrogens is 1. The number of aromatic nitrogens is 5. The SMILES string of the molecule is O=C(Nc1ncn(Cc2ccc(Cl)cc2Cl)n1)c1cc(-c2ccc3c(c2)OCO3)n[nH]1. The minimum Gasteiger partial charge on any atom is -0.454 e. The number of amides is 1. The van der Waals surface area contributed by atoms with Crippen molar-refractivity contribution in [3.63, 3.8) is 0 Å². The van der Waals surface area contributed by atoms with Crippen molar-refractivity contribution in [2.45, 2.75) is 6.54 Å². The molecule has 0 saturated heterocycles. The smallest absolute Gasteiger partial charge is 0.276 e. The normalized spacial score (nSPS) is 12.2. The summed E-state index contributed by atoms with van der Waals surface area (Å²) in [6.45, 7) is 0.577. The highest BCUT2D eigenvalue weighted by Gasteiger charge is 2.17. The number of carbonyl (C=O) groups is 1. The highest BCUT2D eigenvalue weighted by atomic mass is 35.5. The molecule has 0 unspecified atom stereocenters. The van der Waals surface area contributed by atoms with Crippen LogP contribution >= 0.6 is 23.2 Å². The molecule has 1 aliphatic heterocycles. The minimum absolute atomic E-state index is 0.161. The minimum atomic E-state index is -0.415. The zero-order chi connectivity index (χ0) is 21.4. The number of fused-ring (bicyclic) bond motifs is 1. The van der Waals surface area contributed by atoms with E-state index in [1.54, 1.807) is 28.9 Å². The molecule has 0 spiro atoms. The summed E-state index contributed by atoms with van der Waals surface area (Å²) < 4.78 is 12.3. The lowest BCUT2D eigenvalue weighted by atomic mass is 10.1. The maximum atomic E-state index is 12.6. The van der Waals surface area contributed by atoms with Crippen molar-refractivity contribution in [1.82, 2.24) is 25.0 Å². The highest BCUT2D eigenvalue weighted by Crippen LogP contribution is 2.35. The van der Waals surface area contributed by atoms with Gasteiger partial charge in [-0.1, -0.05) is 29.3 Å². The van der Waals surface area contributed by atoms with Crippen molar-refractivity contribution < 1.29 is 14.3 Å². The Bertz CT molecular complexity index is 1290. The number of aromatic amines is 1. The first-order chi connectivity index (χ1) is 15.0. The average molecular weight is 457 g/mol. The van der Waals surface area contributed by atoms with Gasteiger partial charge in [0.25, 0.3) is 5.91 Å². The topological polar surface area (TPSA) is 107 Å². The van der Waals surface area contributed by atoms with Crippen LogP contribution in [-0.4, -0.2) is 37.7 Å². The van der Waals surface area contributed by atoms with E-state index >= 15 is 0 Å². The number of carbonyl (C=O) groups excluding carboxylic acids is 1. The van der Waals surface area contributed by atoms with Gasteiger partial charge in [-0.3, -0.25) is 15.2 Å². The molecular formula is C20H14Cl2N6O3. The van der Waals surface area contributed by atoms with Gasteiger partial charge in [-0.15, -0.1) is 5.10 Å². The van der Waals surface area contributed by atoms with Crippen LogP contribution in [0.3, 0.4) is 0 Å². The van der Waals surface area contributed by atoms with Gasteiger partial charge in [0.2, 0.25) is 12.7 Å². The largest absolute Gasteiger partial charge is 0.454 e. The van der Waals surface area contributed by atoms with Gasteiger partial charge in [0.1, 0.15) is 12.0 Å². The van der Waals surface area contributed by atoms with E-state index in [1.165, 1.54) is 6.33 Å². The number of nitrogens with zero attached hydrogens (tertiary/aromatic N) is 4. The summed E-state index contributed by atoms with van der Waals surface area (Å²) in [6.07, 6.45) is 1.51. The van der Waals surface area contributed by atoms with Crippen LogP contribution in [0.5, 0.6) is 11.5 Å². The quantitative estimate of drug-likeness (QED) is 0.469. The van der Waals surface area contributed by atoms with Gasteiger partial charge in [0.15, 0.2) is 11.5 Å². The fraction of sp³-hybridized carbons (Fsp3) is 0.100. The third-order valence-electron chi connectivity index (χ3n) is 4.60. The van der Waals surface area contributed by atoms with E-state index in [2.05, 4.69) is 25.6 Å². The number of anilines is 1. The molecule has 2 N–H and O–H groups in total. The van der Waals surface area contributed by atoms with E-state index < -0.39 is 5.91 Å². The van der Waals surface area contributed by atoms with Gasteiger partial charge < -0.3 is 9.47 Å². The van der Waals surface area contributed by atoms with Crippen molar-refractivity contribution in [2.75, 3.05) is 12.1 Å². The molecule has 4 aromatic rings. The second-order valence-electron chi connectivity index (χ2n) is 6.69. The predicted octanol–water partition coefficient (Wildman–Crippen LogP) is 4.00. The highest BCUT2D eigenvalue weighted by molar-refractivity contribution is 6.35. The van der Waals surface area contributed by atoms with Crippen LogP contribution in [0.4, 0.5) is 5.95 Å². The Balaban J connectivity index is 1.27. The molecule has 9 nitrogen and oxygen atoms in total. The van der Waals surface area contributed by atoms with E-state index in [9.17, 15) is 4.79 Å². The molecule has 0 radical (unpaired) electrons. The molecule has 5 rings (SSSR count). The lowest BCUT2D eigenvalue weighted by Gasteiger charge is -2.04. The van der Waals surface area contributed by atoms with Crippen LogP contribution < -0.4 is 14.8 Å². The molecule has 31 heavy (non-hydrogen) atoms. The van der Waals surface area contributed by atoms with Crippen LogP contribution in [0.1, 0.15) is 16.1 Å². The molecule has 156 valence electrons. The molecule has 0 saturated carbocycles. The van der Waals surface area contributed by atoms with Crippen molar-refractivity contribution in [3.05, 3.63) is 70.1 Å². The number of nitrogens with one attached hydrogen (secondary N) is 2. The number of ether oxygens (including phenoxy) is 2. The molecule has 2 aromatic carbocycles. The van der Waals surface area contributed by atoms with Crippen molar-refractivity contribution >= 4 is 35.1 Å². The Labute approximate surface area is 185 Å². The molecule has 0 aliphatic carbocycles. The summed E-state index contributed by atoms with van der Waals surface area (Å²) in [5, 5.41) is 14.9. The zero-order valence-corrected chi connectivity index (χ0v) is 17.3. The first kappa shape index (κ1) is 19.4. The summed E-state index contributed by atoms with van der Waals surface area (Å²) in [7, 11) is 0. The first-order valence-electron chi connectivity index (χ1n) is 9.15. The summed E-state index contributed by atoms with van der Waals surface area (Å²) in [4.78, 5) is 16.7. The third-order valence-corrected chi connectivity index (χ3v) is 5.19. The molecule has 0 fully saturated rings. The summed E-state index contributed by atoms with van der Waals surface area (Å²) in [5.74, 6) is 1.07. The van der Waals surface area contributed by atoms with Crippen LogP contribution in [-0.2, 0) is 6.54 Å². The predicted molar refractivity (Wildman–Crippen MR) is 114 cm³/mol. The zero-order valence-electron chi connectivity index (χ0n) is 15.8. The summed E-state index contributed by atoms with van der Waals surface area (Å²) >= 11 is 12.1. The van der Waals surface area contributed by atoms with Gasteiger partial charge in [-0.2, -0.15) is 5.10 Å². The lowest BCUT2D eigenvalue weighted by molar-refractivity contribution is 0.102. The van der Waals surface area contributed by atoms with Crippen LogP contribution in [0.15, 0.2) is 48.8 Å². The average Bonchev–Trinajstić information content (AvgIpc) is 3.50.